The number of likely N-dealkylation sites (N-methyl/N-ethyl adjacent to an activating group) is 1. The third kappa shape index (κ3) is 2.86. The van der Waals surface area contributed by atoms with E-state index in [9.17, 15) is 9.59 Å². The van der Waals surface area contributed by atoms with Gasteiger partial charge in [0.15, 0.2) is 0 Å². The molecular formula is C11H12Cl2N2O3. The minimum absolute atomic E-state index is 0.155. The fourth-order valence-corrected chi connectivity index (χ4v) is 1.74. The molecule has 0 radical (unpaired) electrons. The number of hydrogen-bond acceptors (Lipinski definition) is 3. The first-order valence-corrected chi connectivity index (χ1v) is 5.75. The minimum Gasteiger partial charge on any atom is -0.480 e. The van der Waals surface area contributed by atoms with Crippen molar-refractivity contribution in [1.82, 2.24) is 4.90 Å². The lowest BCUT2D eigenvalue weighted by molar-refractivity contribution is -0.141. The number of halogens is 2. The first kappa shape index (κ1) is 14.6. The summed E-state index contributed by atoms with van der Waals surface area (Å²) in [6.07, 6.45) is 0. The summed E-state index contributed by atoms with van der Waals surface area (Å²) in [4.78, 5) is 23.9. The summed E-state index contributed by atoms with van der Waals surface area (Å²) in [5.41, 5.74) is 5.93. The van der Waals surface area contributed by atoms with Gasteiger partial charge in [-0.15, -0.1) is 0 Å². The van der Waals surface area contributed by atoms with Gasteiger partial charge in [-0.1, -0.05) is 23.2 Å². The molecule has 0 bridgehead atoms. The fourth-order valence-electron chi connectivity index (χ4n) is 1.25. The van der Waals surface area contributed by atoms with Crippen LogP contribution < -0.4 is 5.73 Å². The van der Waals surface area contributed by atoms with Crippen LogP contribution in [0.1, 0.15) is 17.3 Å². The SMILES string of the molecule is CC(C(=O)O)N(C)C(=O)c1cc(Cl)c(N)c(Cl)c1. The van der Waals surface area contributed by atoms with Gasteiger partial charge in [-0.2, -0.15) is 0 Å². The number of carbonyl (C=O) groups is 2. The van der Waals surface area contributed by atoms with Gasteiger partial charge >= 0.3 is 5.97 Å². The van der Waals surface area contributed by atoms with E-state index in [4.69, 9.17) is 34.0 Å². The lowest BCUT2D eigenvalue weighted by Gasteiger charge is -2.21. The van der Waals surface area contributed by atoms with Crippen LogP contribution in [0, 0.1) is 0 Å². The van der Waals surface area contributed by atoms with Gasteiger partial charge in [-0.3, -0.25) is 4.79 Å². The summed E-state index contributed by atoms with van der Waals surface area (Å²) in [5.74, 6) is -1.59. The molecule has 0 heterocycles. The Morgan fingerprint density at radius 3 is 2.17 bits per heavy atom. The standard InChI is InChI=1S/C11H12Cl2N2O3/c1-5(11(17)18)15(2)10(16)6-3-7(12)9(14)8(13)4-6/h3-5H,14H2,1-2H3,(H,17,18). The van der Waals surface area contributed by atoms with Gasteiger partial charge in [0.1, 0.15) is 6.04 Å². The maximum absolute atomic E-state index is 12.0. The molecule has 0 aliphatic rings. The maximum Gasteiger partial charge on any atom is 0.326 e. The molecule has 7 heteroatoms. The van der Waals surface area contributed by atoms with E-state index in [2.05, 4.69) is 0 Å². The molecule has 1 rings (SSSR count). The fraction of sp³-hybridized carbons (Fsp3) is 0.273. The molecule has 1 unspecified atom stereocenters. The third-order valence-corrected chi connectivity index (χ3v) is 3.21. The molecule has 1 aromatic carbocycles. The average molecular weight is 291 g/mol. The number of carbonyl (C=O) groups excluding carboxylic acids is 1. The van der Waals surface area contributed by atoms with Crippen LogP contribution in [0.4, 0.5) is 5.69 Å². The van der Waals surface area contributed by atoms with E-state index in [0.29, 0.717) is 0 Å². The number of nitrogens with two attached hydrogens (primary N) is 1. The Balaban J connectivity index is 3.08. The van der Waals surface area contributed by atoms with Gasteiger partial charge in [-0.25, -0.2) is 4.79 Å². The summed E-state index contributed by atoms with van der Waals surface area (Å²) < 4.78 is 0. The smallest absolute Gasteiger partial charge is 0.326 e. The van der Waals surface area contributed by atoms with Crippen LogP contribution in [-0.4, -0.2) is 35.0 Å². The second-order valence-corrected chi connectivity index (χ2v) is 4.60. The number of rotatable bonds is 3. The van der Waals surface area contributed by atoms with Crippen LogP contribution in [0.5, 0.6) is 0 Å². The van der Waals surface area contributed by atoms with E-state index >= 15 is 0 Å². The maximum atomic E-state index is 12.0. The molecule has 5 nitrogen and oxygen atoms in total. The summed E-state index contributed by atoms with van der Waals surface area (Å²) in [6, 6.07) is 1.76. The predicted molar refractivity (Wildman–Crippen MR) is 70.1 cm³/mol. The van der Waals surface area contributed by atoms with Crippen molar-refractivity contribution < 1.29 is 14.7 Å². The van der Waals surface area contributed by atoms with E-state index in [1.54, 1.807) is 0 Å². The quantitative estimate of drug-likeness (QED) is 0.835. The van der Waals surface area contributed by atoms with E-state index in [-0.39, 0.29) is 21.3 Å². The second-order valence-electron chi connectivity index (χ2n) is 3.78. The highest BCUT2D eigenvalue weighted by Gasteiger charge is 2.23. The number of carboxylic acid groups (broad SMARTS) is 1. The number of amides is 1. The van der Waals surface area contributed by atoms with Crippen molar-refractivity contribution >= 4 is 40.8 Å². The molecule has 0 aliphatic carbocycles. The zero-order valence-corrected chi connectivity index (χ0v) is 11.3. The third-order valence-electron chi connectivity index (χ3n) is 2.58. The van der Waals surface area contributed by atoms with Crippen molar-refractivity contribution in [1.29, 1.82) is 0 Å². The Morgan fingerprint density at radius 1 is 1.33 bits per heavy atom. The zero-order valence-electron chi connectivity index (χ0n) is 9.78. The Bertz CT molecular complexity index is 482. The molecule has 18 heavy (non-hydrogen) atoms. The highest BCUT2D eigenvalue weighted by molar-refractivity contribution is 6.39. The first-order chi connectivity index (χ1) is 8.25. The van der Waals surface area contributed by atoms with Crippen molar-refractivity contribution in [2.75, 3.05) is 12.8 Å². The van der Waals surface area contributed by atoms with Gasteiger partial charge in [0.05, 0.1) is 15.7 Å². The van der Waals surface area contributed by atoms with Crippen molar-refractivity contribution in [2.45, 2.75) is 13.0 Å². The van der Waals surface area contributed by atoms with Gasteiger partial charge in [0.25, 0.3) is 5.91 Å². The molecule has 1 amide bonds. The van der Waals surface area contributed by atoms with E-state index in [0.717, 1.165) is 4.90 Å². The molecular weight excluding hydrogens is 279 g/mol. The zero-order chi connectivity index (χ0) is 14.0. The predicted octanol–water partition coefficient (Wildman–Crippen LogP) is 2.12. The number of benzene rings is 1. The molecule has 3 N–H and O–H groups in total. The average Bonchev–Trinajstić information content (AvgIpc) is 2.32. The molecule has 0 fully saturated rings. The van der Waals surface area contributed by atoms with Crippen LogP contribution in [0.3, 0.4) is 0 Å². The lowest BCUT2D eigenvalue weighted by atomic mass is 10.1. The van der Waals surface area contributed by atoms with Crippen LogP contribution in [0.15, 0.2) is 12.1 Å². The Morgan fingerprint density at radius 2 is 1.78 bits per heavy atom. The normalized spacial score (nSPS) is 12.0. The Kier molecular flexibility index (Phi) is 4.43. The van der Waals surface area contributed by atoms with Gasteiger partial charge in [-0.05, 0) is 19.1 Å². The minimum atomic E-state index is -1.10. The van der Waals surface area contributed by atoms with Crippen molar-refractivity contribution in [3.05, 3.63) is 27.7 Å². The molecule has 98 valence electrons. The van der Waals surface area contributed by atoms with E-state index in [1.165, 1.54) is 26.1 Å². The Labute approximate surface area is 114 Å². The number of nitrogens with zero attached hydrogens (tertiary/aromatic N) is 1. The number of hydrogen-bond donors (Lipinski definition) is 2. The highest BCUT2D eigenvalue weighted by atomic mass is 35.5. The largest absolute Gasteiger partial charge is 0.480 e. The van der Waals surface area contributed by atoms with Crippen LogP contribution in [0.25, 0.3) is 0 Å². The molecule has 1 aromatic rings. The highest BCUT2D eigenvalue weighted by Crippen LogP contribution is 2.29. The van der Waals surface area contributed by atoms with E-state index in [1.807, 2.05) is 0 Å². The van der Waals surface area contributed by atoms with Crippen molar-refractivity contribution in [3.8, 4) is 0 Å². The summed E-state index contributed by atoms with van der Waals surface area (Å²) >= 11 is 11.6. The van der Waals surface area contributed by atoms with Crippen LogP contribution >= 0.6 is 23.2 Å². The summed E-state index contributed by atoms with van der Waals surface area (Å²) in [5, 5.41) is 9.15. The van der Waals surface area contributed by atoms with Crippen molar-refractivity contribution in [2.24, 2.45) is 0 Å². The number of nitrogen functional groups attached to an aromatic ring is 1. The topological polar surface area (TPSA) is 83.6 Å². The number of anilines is 1. The number of carboxylic acids is 1. The monoisotopic (exact) mass is 290 g/mol. The van der Waals surface area contributed by atoms with Gasteiger partial charge in [0, 0.05) is 12.6 Å². The molecule has 0 aromatic heterocycles. The molecule has 0 spiro atoms. The van der Waals surface area contributed by atoms with Crippen molar-refractivity contribution in [3.63, 3.8) is 0 Å². The second kappa shape index (κ2) is 5.46. The molecule has 0 aliphatic heterocycles. The van der Waals surface area contributed by atoms with Gasteiger partial charge in [0.2, 0.25) is 0 Å². The lowest BCUT2D eigenvalue weighted by Crippen LogP contribution is -2.40. The van der Waals surface area contributed by atoms with Crippen LogP contribution in [-0.2, 0) is 4.79 Å². The van der Waals surface area contributed by atoms with Gasteiger partial charge < -0.3 is 15.7 Å². The molecule has 0 saturated carbocycles. The molecule has 1 atom stereocenters. The molecule has 0 saturated heterocycles. The number of aliphatic carboxylic acids is 1. The Hall–Kier alpha value is -1.46. The first-order valence-electron chi connectivity index (χ1n) is 5.00. The summed E-state index contributed by atoms with van der Waals surface area (Å²) in [6.45, 7) is 1.40. The van der Waals surface area contributed by atoms with Crippen LogP contribution in [0.2, 0.25) is 10.0 Å². The van der Waals surface area contributed by atoms with E-state index < -0.39 is 17.9 Å². The summed E-state index contributed by atoms with van der Waals surface area (Å²) in [7, 11) is 1.39.